The van der Waals surface area contributed by atoms with Crippen molar-refractivity contribution >= 4 is 23.7 Å². The molecule has 44 heavy (non-hydrogen) atoms. The van der Waals surface area contributed by atoms with Crippen LogP contribution < -0.4 is 5.32 Å². The molecule has 3 amide bonds. The molecule has 2 N–H and O–H groups in total. The Morgan fingerprint density at radius 1 is 1.05 bits per heavy atom. The highest BCUT2D eigenvalue weighted by Crippen LogP contribution is 2.54. The number of hydrogen-bond donors (Lipinski definition) is 2. The fourth-order valence-electron chi connectivity index (χ4n) is 7.34. The number of esters is 1. The number of aliphatic hydroxyl groups excluding tert-OH is 1. The SMILES string of the molecule is CC(C)C[C@H](CO)N1C(=O)[C@H]2[C@@H]3C(=O)O[C@@H](c4ccccc4)[C@H](C)NC(=O)CC/C=C\[C@@H]3O[C@]23C=CCN(C(C)C)C(=O)[C@H]13. The van der Waals surface area contributed by atoms with Crippen molar-refractivity contribution < 1.29 is 33.8 Å². The summed E-state index contributed by atoms with van der Waals surface area (Å²) in [4.78, 5) is 59.3. The third-order valence-corrected chi connectivity index (χ3v) is 9.28. The van der Waals surface area contributed by atoms with Gasteiger partial charge in [-0.15, -0.1) is 0 Å². The Bertz CT molecular complexity index is 1310. The van der Waals surface area contributed by atoms with Crippen molar-refractivity contribution in [3.05, 3.63) is 60.2 Å². The number of cyclic esters (lactones) is 1. The van der Waals surface area contributed by atoms with E-state index >= 15 is 0 Å². The normalized spacial score (nSPS) is 34.0. The predicted octanol–water partition coefficient (Wildman–Crippen LogP) is 2.92. The van der Waals surface area contributed by atoms with Crippen LogP contribution in [0.5, 0.6) is 0 Å². The van der Waals surface area contributed by atoms with Gasteiger partial charge in [0.25, 0.3) is 0 Å². The van der Waals surface area contributed by atoms with Crippen LogP contribution in [0.1, 0.15) is 65.5 Å². The van der Waals surface area contributed by atoms with Crippen LogP contribution in [0.2, 0.25) is 0 Å². The van der Waals surface area contributed by atoms with Crippen LogP contribution in [-0.4, -0.2) is 87.6 Å². The summed E-state index contributed by atoms with van der Waals surface area (Å²) in [7, 11) is 0. The molecule has 8 atom stereocenters. The highest BCUT2D eigenvalue weighted by molar-refractivity contribution is 5.99. The first kappa shape index (κ1) is 31.9. The minimum absolute atomic E-state index is 0.139. The zero-order valence-corrected chi connectivity index (χ0v) is 26.2. The minimum atomic E-state index is -1.44. The van der Waals surface area contributed by atoms with Gasteiger partial charge in [-0.05, 0) is 45.1 Å². The van der Waals surface area contributed by atoms with Crippen LogP contribution in [0.25, 0.3) is 0 Å². The molecular weight excluding hydrogens is 562 g/mol. The number of amides is 3. The Morgan fingerprint density at radius 2 is 1.77 bits per heavy atom. The average Bonchev–Trinajstić information content (AvgIpc) is 3.37. The van der Waals surface area contributed by atoms with Gasteiger partial charge in [-0.3, -0.25) is 19.2 Å². The monoisotopic (exact) mass is 607 g/mol. The zero-order valence-electron chi connectivity index (χ0n) is 26.2. The first-order valence-electron chi connectivity index (χ1n) is 15.8. The highest BCUT2D eigenvalue weighted by atomic mass is 16.6. The maximum atomic E-state index is 14.6. The number of nitrogens with one attached hydrogen (secondary N) is 1. The molecule has 0 bridgehead atoms. The van der Waals surface area contributed by atoms with Crippen molar-refractivity contribution in [2.24, 2.45) is 17.8 Å². The van der Waals surface area contributed by atoms with Gasteiger partial charge >= 0.3 is 5.97 Å². The van der Waals surface area contributed by atoms with E-state index in [1.54, 1.807) is 30.1 Å². The van der Waals surface area contributed by atoms with Gasteiger partial charge < -0.3 is 29.7 Å². The number of likely N-dealkylation sites (tertiary alicyclic amines) is 1. The van der Waals surface area contributed by atoms with Gasteiger partial charge in [0.1, 0.15) is 23.7 Å². The molecule has 238 valence electrons. The lowest BCUT2D eigenvalue weighted by Crippen LogP contribution is -2.59. The molecule has 2 fully saturated rings. The second-order valence-electron chi connectivity index (χ2n) is 13.1. The fraction of sp³-hybridized carbons (Fsp3) is 0.588. The van der Waals surface area contributed by atoms with Gasteiger partial charge in [0.15, 0.2) is 0 Å². The Hall–Kier alpha value is -3.50. The second-order valence-corrected chi connectivity index (χ2v) is 13.1. The number of aliphatic hydroxyl groups is 1. The molecule has 2 saturated heterocycles. The third-order valence-electron chi connectivity index (χ3n) is 9.28. The quantitative estimate of drug-likeness (QED) is 0.376. The summed E-state index contributed by atoms with van der Waals surface area (Å²) >= 11 is 0. The Labute approximate surface area is 259 Å². The van der Waals surface area contributed by atoms with Crippen LogP contribution in [0, 0.1) is 17.8 Å². The van der Waals surface area contributed by atoms with Crippen molar-refractivity contribution in [1.82, 2.24) is 15.1 Å². The summed E-state index contributed by atoms with van der Waals surface area (Å²) < 4.78 is 13.0. The molecule has 0 saturated carbocycles. The number of rotatable bonds is 6. The van der Waals surface area contributed by atoms with Crippen molar-refractivity contribution in [2.45, 2.75) is 95.9 Å². The largest absolute Gasteiger partial charge is 0.455 e. The highest BCUT2D eigenvalue weighted by Gasteiger charge is 2.72. The molecule has 1 aromatic rings. The smallest absolute Gasteiger partial charge is 0.313 e. The molecule has 1 aromatic carbocycles. The number of nitrogens with zero attached hydrogens (tertiary/aromatic N) is 2. The number of allylic oxidation sites excluding steroid dienone is 1. The van der Waals surface area contributed by atoms with Crippen LogP contribution in [-0.2, 0) is 28.7 Å². The van der Waals surface area contributed by atoms with E-state index < -0.39 is 59.6 Å². The van der Waals surface area contributed by atoms with Gasteiger partial charge in [0.05, 0.1) is 30.7 Å². The molecule has 4 aliphatic heterocycles. The van der Waals surface area contributed by atoms with E-state index in [1.165, 1.54) is 4.90 Å². The van der Waals surface area contributed by atoms with E-state index in [0.29, 0.717) is 24.9 Å². The lowest BCUT2D eigenvalue weighted by atomic mass is 9.77. The second kappa shape index (κ2) is 12.9. The number of carbonyl (C=O) groups is 4. The molecule has 10 nitrogen and oxygen atoms in total. The lowest BCUT2D eigenvalue weighted by molar-refractivity contribution is -0.162. The molecule has 0 aliphatic carbocycles. The van der Waals surface area contributed by atoms with E-state index in [0.717, 1.165) is 0 Å². The molecular formula is C34H45N3O7. The number of hydrogen-bond acceptors (Lipinski definition) is 7. The fourth-order valence-corrected chi connectivity index (χ4v) is 7.34. The molecule has 5 rings (SSSR count). The third kappa shape index (κ3) is 5.70. The number of carbonyl (C=O) groups excluding carboxylic acids is 4. The summed E-state index contributed by atoms with van der Waals surface area (Å²) in [5, 5.41) is 13.5. The van der Waals surface area contributed by atoms with Gasteiger partial charge in [0.2, 0.25) is 17.7 Å². The van der Waals surface area contributed by atoms with Gasteiger partial charge in [-0.25, -0.2) is 0 Å². The van der Waals surface area contributed by atoms with Crippen LogP contribution in [0.4, 0.5) is 0 Å². The van der Waals surface area contributed by atoms with Crippen molar-refractivity contribution in [3.63, 3.8) is 0 Å². The maximum absolute atomic E-state index is 14.6. The molecule has 4 heterocycles. The van der Waals surface area contributed by atoms with Crippen molar-refractivity contribution in [3.8, 4) is 0 Å². The molecule has 10 heteroatoms. The van der Waals surface area contributed by atoms with Crippen LogP contribution >= 0.6 is 0 Å². The van der Waals surface area contributed by atoms with E-state index in [-0.39, 0.29) is 36.8 Å². The van der Waals surface area contributed by atoms with E-state index in [4.69, 9.17) is 9.47 Å². The topological polar surface area (TPSA) is 125 Å². The Balaban J connectivity index is 1.63. The minimum Gasteiger partial charge on any atom is -0.455 e. The first-order valence-corrected chi connectivity index (χ1v) is 15.8. The summed E-state index contributed by atoms with van der Waals surface area (Å²) in [5.74, 6) is -3.45. The molecule has 4 aliphatic rings. The summed E-state index contributed by atoms with van der Waals surface area (Å²) in [6.07, 6.45) is 6.59. The predicted molar refractivity (Wildman–Crippen MR) is 163 cm³/mol. The van der Waals surface area contributed by atoms with Gasteiger partial charge in [-0.2, -0.15) is 0 Å². The lowest BCUT2D eigenvalue weighted by Gasteiger charge is -2.39. The standard InChI is InChI=1S/C34H45N3O7/c1-20(2)18-24(19-38)37-30-32(41)36(21(3)4)17-11-16-34(30)28(31(37)40)27-25(44-34)14-9-10-15-26(39)35-22(5)29(43-33(27)42)23-12-7-6-8-13-23/h6-9,11-14,16,20-22,24-25,27-30,38H,10,15,17-19H2,1-5H3,(H,35,39)/b14-9-/t22-,24+,25-,27+,28+,29+,30-,34+/m0/s1. The van der Waals surface area contributed by atoms with E-state index in [9.17, 15) is 24.3 Å². The van der Waals surface area contributed by atoms with E-state index in [2.05, 4.69) is 5.32 Å². The van der Waals surface area contributed by atoms with Gasteiger partial charge in [0, 0.05) is 19.0 Å². The number of benzene rings is 1. The Morgan fingerprint density at radius 3 is 2.43 bits per heavy atom. The van der Waals surface area contributed by atoms with Crippen LogP contribution in [0.3, 0.4) is 0 Å². The van der Waals surface area contributed by atoms with Crippen molar-refractivity contribution in [1.29, 1.82) is 0 Å². The molecule has 0 aromatic heterocycles. The molecule has 0 radical (unpaired) electrons. The summed E-state index contributed by atoms with van der Waals surface area (Å²) in [6.45, 7) is 9.63. The van der Waals surface area contributed by atoms with Crippen molar-refractivity contribution in [2.75, 3.05) is 13.2 Å². The van der Waals surface area contributed by atoms with Crippen LogP contribution in [0.15, 0.2) is 54.6 Å². The van der Waals surface area contributed by atoms with Gasteiger partial charge in [-0.1, -0.05) is 68.5 Å². The first-order chi connectivity index (χ1) is 21.0. The summed E-state index contributed by atoms with van der Waals surface area (Å²) in [5.41, 5.74) is -0.735. The Kier molecular flexibility index (Phi) is 9.32. The molecule has 1 spiro atoms. The molecule has 0 unspecified atom stereocenters. The van der Waals surface area contributed by atoms with E-state index in [1.807, 2.05) is 64.1 Å². The average molecular weight is 608 g/mol. The maximum Gasteiger partial charge on any atom is 0.313 e. The summed E-state index contributed by atoms with van der Waals surface area (Å²) in [6, 6.07) is 6.81. The zero-order chi connectivity index (χ0) is 31.8. The number of ether oxygens (including phenoxy) is 2. The number of fused-ring (bicyclic) bond motifs is 2.